The average molecular weight is 227 g/mol. The standard InChI is InChI=1S/C9H13N3O2S/c10-2-1-8-11-7(5-15-8)9(14)12-3-6(13)4-12/h5-6,13H,1-4,10H2. The molecule has 1 aromatic rings. The lowest BCUT2D eigenvalue weighted by atomic mass is 10.1. The minimum atomic E-state index is -0.365. The molecular weight excluding hydrogens is 214 g/mol. The highest BCUT2D eigenvalue weighted by atomic mass is 32.1. The molecule has 6 heteroatoms. The van der Waals surface area contributed by atoms with Crippen LogP contribution in [0.25, 0.3) is 0 Å². The number of β-amino-alcohol motifs (C(OH)–C–C–N with tert-alkyl or cyclic N) is 1. The summed E-state index contributed by atoms with van der Waals surface area (Å²) >= 11 is 1.45. The van der Waals surface area contributed by atoms with Crippen molar-refractivity contribution in [1.29, 1.82) is 0 Å². The van der Waals surface area contributed by atoms with Gasteiger partial charge >= 0.3 is 0 Å². The minimum absolute atomic E-state index is 0.0974. The van der Waals surface area contributed by atoms with Gasteiger partial charge in [0.2, 0.25) is 0 Å². The van der Waals surface area contributed by atoms with Crippen LogP contribution in [0.2, 0.25) is 0 Å². The molecule has 1 amide bonds. The fourth-order valence-corrected chi connectivity index (χ4v) is 2.22. The SMILES string of the molecule is NCCc1nc(C(=O)N2CC(O)C2)cs1. The fourth-order valence-electron chi connectivity index (χ4n) is 1.43. The monoisotopic (exact) mass is 227 g/mol. The lowest BCUT2D eigenvalue weighted by Crippen LogP contribution is -2.53. The van der Waals surface area contributed by atoms with Crippen LogP contribution in [0.15, 0.2) is 5.38 Å². The Hall–Kier alpha value is -0.980. The molecule has 1 aliphatic heterocycles. The first-order chi connectivity index (χ1) is 7.20. The number of aliphatic hydroxyl groups excluding tert-OH is 1. The lowest BCUT2D eigenvalue weighted by molar-refractivity contribution is 0.00555. The third-order valence-electron chi connectivity index (χ3n) is 2.28. The van der Waals surface area contributed by atoms with Crippen molar-refractivity contribution in [2.24, 2.45) is 5.73 Å². The first-order valence-electron chi connectivity index (χ1n) is 4.82. The second-order valence-corrected chi connectivity index (χ2v) is 4.47. The molecule has 1 aromatic heterocycles. The number of aliphatic hydroxyl groups is 1. The van der Waals surface area contributed by atoms with E-state index in [0.717, 1.165) is 5.01 Å². The molecule has 3 N–H and O–H groups in total. The fraction of sp³-hybridized carbons (Fsp3) is 0.556. The van der Waals surface area contributed by atoms with E-state index >= 15 is 0 Å². The number of amides is 1. The van der Waals surface area contributed by atoms with Gasteiger partial charge in [-0.2, -0.15) is 0 Å². The van der Waals surface area contributed by atoms with E-state index in [-0.39, 0.29) is 12.0 Å². The van der Waals surface area contributed by atoms with Gasteiger partial charge < -0.3 is 15.7 Å². The number of aromatic nitrogens is 1. The minimum Gasteiger partial charge on any atom is -0.389 e. The predicted molar refractivity (Wildman–Crippen MR) is 56.8 cm³/mol. The summed E-state index contributed by atoms with van der Waals surface area (Å²) in [6.07, 6.45) is 0.344. The Morgan fingerprint density at radius 3 is 3.07 bits per heavy atom. The Bertz CT molecular complexity index is 360. The van der Waals surface area contributed by atoms with Crippen molar-refractivity contribution in [3.8, 4) is 0 Å². The summed E-state index contributed by atoms with van der Waals surface area (Å²) in [5, 5.41) is 11.7. The molecule has 0 aliphatic carbocycles. The van der Waals surface area contributed by atoms with Gasteiger partial charge in [0.25, 0.3) is 5.91 Å². The van der Waals surface area contributed by atoms with Crippen LogP contribution in [0.1, 0.15) is 15.5 Å². The molecule has 0 bridgehead atoms. The summed E-state index contributed by atoms with van der Waals surface area (Å²) < 4.78 is 0. The molecule has 2 rings (SSSR count). The number of carbonyl (C=O) groups is 1. The van der Waals surface area contributed by atoms with E-state index in [9.17, 15) is 4.79 Å². The van der Waals surface area contributed by atoms with E-state index in [0.29, 0.717) is 31.7 Å². The number of nitrogens with two attached hydrogens (primary N) is 1. The molecular formula is C9H13N3O2S. The number of hydrogen-bond donors (Lipinski definition) is 2. The predicted octanol–water partition coefficient (Wildman–Crippen LogP) is -0.539. The first kappa shape index (κ1) is 10.5. The van der Waals surface area contributed by atoms with Crippen LogP contribution in [-0.2, 0) is 6.42 Å². The summed E-state index contributed by atoms with van der Waals surface area (Å²) in [5.41, 5.74) is 5.87. The van der Waals surface area contributed by atoms with Crippen LogP contribution in [0.5, 0.6) is 0 Å². The van der Waals surface area contributed by atoms with Gasteiger partial charge in [0.15, 0.2) is 0 Å². The highest BCUT2D eigenvalue weighted by Crippen LogP contribution is 2.16. The topological polar surface area (TPSA) is 79.5 Å². The number of likely N-dealkylation sites (tertiary alicyclic amines) is 1. The van der Waals surface area contributed by atoms with Crippen molar-refractivity contribution in [1.82, 2.24) is 9.88 Å². The molecule has 0 spiro atoms. The van der Waals surface area contributed by atoms with Crippen LogP contribution >= 0.6 is 11.3 Å². The van der Waals surface area contributed by atoms with Crippen LogP contribution < -0.4 is 5.73 Å². The zero-order valence-corrected chi connectivity index (χ0v) is 9.04. The smallest absolute Gasteiger partial charge is 0.273 e. The quantitative estimate of drug-likeness (QED) is 0.727. The van der Waals surface area contributed by atoms with E-state index in [2.05, 4.69) is 4.98 Å². The van der Waals surface area contributed by atoms with Gasteiger partial charge in [0.05, 0.1) is 11.1 Å². The van der Waals surface area contributed by atoms with E-state index < -0.39 is 0 Å². The van der Waals surface area contributed by atoms with Gasteiger partial charge in [0, 0.05) is 24.9 Å². The zero-order valence-electron chi connectivity index (χ0n) is 8.22. The number of thiazole rings is 1. The van der Waals surface area contributed by atoms with Crippen LogP contribution in [0.3, 0.4) is 0 Å². The molecule has 1 fully saturated rings. The second-order valence-electron chi connectivity index (χ2n) is 3.53. The van der Waals surface area contributed by atoms with Gasteiger partial charge in [-0.3, -0.25) is 4.79 Å². The number of carbonyl (C=O) groups excluding carboxylic acids is 1. The third-order valence-corrected chi connectivity index (χ3v) is 3.19. The normalized spacial score (nSPS) is 16.5. The van der Waals surface area contributed by atoms with Crippen molar-refractivity contribution in [2.45, 2.75) is 12.5 Å². The van der Waals surface area contributed by atoms with Gasteiger partial charge in [-0.25, -0.2) is 4.98 Å². The Morgan fingerprint density at radius 1 is 1.73 bits per heavy atom. The molecule has 82 valence electrons. The molecule has 2 heterocycles. The number of nitrogens with zero attached hydrogens (tertiary/aromatic N) is 2. The largest absolute Gasteiger partial charge is 0.389 e. The van der Waals surface area contributed by atoms with Gasteiger partial charge in [0.1, 0.15) is 5.69 Å². The summed E-state index contributed by atoms with van der Waals surface area (Å²) in [6.45, 7) is 1.38. The Labute approximate surface area is 91.5 Å². The number of rotatable bonds is 3. The molecule has 1 aliphatic rings. The van der Waals surface area contributed by atoms with Crippen molar-refractivity contribution in [3.05, 3.63) is 16.1 Å². The highest BCUT2D eigenvalue weighted by molar-refractivity contribution is 7.09. The maximum Gasteiger partial charge on any atom is 0.273 e. The van der Waals surface area contributed by atoms with E-state index in [1.54, 1.807) is 10.3 Å². The first-order valence-corrected chi connectivity index (χ1v) is 5.70. The number of hydrogen-bond acceptors (Lipinski definition) is 5. The zero-order chi connectivity index (χ0) is 10.8. The molecule has 5 nitrogen and oxygen atoms in total. The summed E-state index contributed by atoms with van der Waals surface area (Å²) in [4.78, 5) is 17.5. The van der Waals surface area contributed by atoms with Crippen molar-refractivity contribution in [3.63, 3.8) is 0 Å². The molecule has 15 heavy (non-hydrogen) atoms. The molecule has 0 atom stereocenters. The Balaban J connectivity index is 1.99. The second kappa shape index (κ2) is 4.26. The molecule has 0 radical (unpaired) electrons. The summed E-state index contributed by atoms with van der Waals surface area (Å²) in [5.74, 6) is -0.0974. The maximum absolute atomic E-state index is 11.7. The molecule has 0 unspecified atom stereocenters. The van der Waals surface area contributed by atoms with E-state index in [4.69, 9.17) is 10.8 Å². The Morgan fingerprint density at radius 2 is 2.47 bits per heavy atom. The highest BCUT2D eigenvalue weighted by Gasteiger charge is 2.30. The van der Waals surface area contributed by atoms with Gasteiger partial charge in [-0.1, -0.05) is 0 Å². The van der Waals surface area contributed by atoms with E-state index in [1.807, 2.05) is 0 Å². The van der Waals surface area contributed by atoms with Gasteiger partial charge in [-0.15, -0.1) is 11.3 Å². The third kappa shape index (κ3) is 2.17. The van der Waals surface area contributed by atoms with Crippen molar-refractivity contribution in [2.75, 3.05) is 19.6 Å². The van der Waals surface area contributed by atoms with Crippen LogP contribution in [0, 0.1) is 0 Å². The summed E-state index contributed by atoms with van der Waals surface area (Å²) in [6, 6.07) is 0. The van der Waals surface area contributed by atoms with Crippen molar-refractivity contribution < 1.29 is 9.90 Å². The summed E-state index contributed by atoms with van der Waals surface area (Å²) in [7, 11) is 0. The Kier molecular flexibility index (Phi) is 2.99. The molecule has 0 aromatic carbocycles. The maximum atomic E-state index is 11.7. The molecule has 0 saturated carbocycles. The average Bonchev–Trinajstić information content (AvgIpc) is 2.61. The van der Waals surface area contributed by atoms with Crippen LogP contribution in [0.4, 0.5) is 0 Å². The van der Waals surface area contributed by atoms with E-state index in [1.165, 1.54) is 11.3 Å². The molecule has 1 saturated heterocycles. The van der Waals surface area contributed by atoms with Crippen molar-refractivity contribution >= 4 is 17.2 Å². The van der Waals surface area contributed by atoms with Gasteiger partial charge in [-0.05, 0) is 6.54 Å². The van der Waals surface area contributed by atoms with Crippen LogP contribution in [-0.4, -0.2) is 46.6 Å². The lowest BCUT2D eigenvalue weighted by Gasteiger charge is -2.35.